The average molecular weight is 260 g/mol. The fourth-order valence-electron chi connectivity index (χ4n) is 5.15. The molecule has 1 heterocycles. The monoisotopic (exact) mass is 260 g/mol. The van der Waals surface area contributed by atoms with E-state index in [0.717, 1.165) is 12.3 Å². The van der Waals surface area contributed by atoms with E-state index in [0.29, 0.717) is 5.41 Å². The van der Waals surface area contributed by atoms with Crippen molar-refractivity contribution in [3.8, 4) is 0 Å². The van der Waals surface area contributed by atoms with Gasteiger partial charge in [-0.1, -0.05) is 44.2 Å². The van der Waals surface area contributed by atoms with Gasteiger partial charge in [-0.25, -0.2) is 0 Å². The number of aliphatic hydroxyl groups is 1. The van der Waals surface area contributed by atoms with Crippen molar-refractivity contribution in [2.24, 2.45) is 16.7 Å². The average Bonchev–Trinajstić information content (AvgIpc) is 2.79. The molecule has 0 spiro atoms. The summed E-state index contributed by atoms with van der Waals surface area (Å²) < 4.78 is 0. The Hall–Kier alpha value is -0.390. The maximum Gasteiger partial charge on any atom is 0.0937 e. The first-order valence-corrected chi connectivity index (χ1v) is 8.59. The van der Waals surface area contributed by atoms with Crippen LogP contribution in [0.25, 0.3) is 0 Å². The Morgan fingerprint density at radius 1 is 1.22 bits per heavy atom. The second kappa shape index (κ2) is 3.19. The van der Waals surface area contributed by atoms with Gasteiger partial charge in [0, 0.05) is 5.41 Å². The Labute approximate surface area is 110 Å². The van der Waals surface area contributed by atoms with Crippen molar-refractivity contribution in [2.75, 3.05) is 6.16 Å². The van der Waals surface area contributed by atoms with Crippen molar-refractivity contribution in [2.45, 2.75) is 38.5 Å². The highest BCUT2D eigenvalue weighted by atomic mass is 31.1. The van der Waals surface area contributed by atoms with E-state index in [1.807, 2.05) is 0 Å². The van der Waals surface area contributed by atoms with Crippen LogP contribution in [0.3, 0.4) is 0 Å². The summed E-state index contributed by atoms with van der Waals surface area (Å²) in [6.45, 7) is 4.82. The molecule has 1 aliphatic heterocycles. The molecule has 2 saturated carbocycles. The third kappa shape index (κ3) is 1.00. The predicted octanol–water partition coefficient (Wildman–Crippen LogP) is 3.32. The van der Waals surface area contributed by atoms with Crippen molar-refractivity contribution in [1.29, 1.82) is 0 Å². The first-order valence-electron chi connectivity index (χ1n) is 7.06. The van der Waals surface area contributed by atoms with E-state index >= 15 is 0 Å². The normalized spacial score (nSPS) is 53.1. The lowest BCUT2D eigenvalue weighted by Gasteiger charge is -2.42. The summed E-state index contributed by atoms with van der Waals surface area (Å²) in [6, 6.07) is 10.8. The molecular weight excluding hydrogens is 239 g/mol. The van der Waals surface area contributed by atoms with E-state index in [4.69, 9.17) is 0 Å². The molecule has 0 amide bonds. The summed E-state index contributed by atoms with van der Waals surface area (Å²) in [7, 11) is -0.392. The van der Waals surface area contributed by atoms with Gasteiger partial charge in [0.05, 0.1) is 5.34 Å². The van der Waals surface area contributed by atoms with Crippen LogP contribution in [0.2, 0.25) is 0 Å². The van der Waals surface area contributed by atoms with Crippen molar-refractivity contribution < 1.29 is 5.11 Å². The second-order valence-corrected chi connectivity index (χ2v) is 9.36. The van der Waals surface area contributed by atoms with Crippen LogP contribution in [-0.2, 0) is 0 Å². The van der Waals surface area contributed by atoms with E-state index in [1.54, 1.807) is 0 Å². The van der Waals surface area contributed by atoms with Gasteiger partial charge in [0.2, 0.25) is 0 Å². The molecule has 4 bridgehead atoms. The smallest absolute Gasteiger partial charge is 0.0937 e. The minimum Gasteiger partial charge on any atom is -0.384 e. The Bertz CT molecular complexity index is 501. The Morgan fingerprint density at radius 2 is 1.94 bits per heavy atom. The quantitative estimate of drug-likeness (QED) is 0.768. The van der Waals surface area contributed by atoms with Gasteiger partial charge >= 0.3 is 0 Å². The maximum absolute atomic E-state index is 11.4. The summed E-state index contributed by atoms with van der Waals surface area (Å²) in [5, 5.41) is 12.4. The van der Waals surface area contributed by atoms with Gasteiger partial charge in [0.15, 0.2) is 0 Å². The van der Waals surface area contributed by atoms with E-state index in [-0.39, 0.29) is 10.8 Å². The summed E-state index contributed by atoms with van der Waals surface area (Å²) in [6.07, 6.45) is 4.87. The SMILES string of the molecule is CC12CP(c3ccccc3)C3(O)CC1CCC23C. The van der Waals surface area contributed by atoms with Crippen LogP contribution >= 0.6 is 7.92 Å². The molecule has 1 aromatic carbocycles. The van der Waals surface area contributed by atoms with Crippen molar-refractivity contribution >= 4 is 13.2 Å². The van der Waals surface area contributed by atoms with Crippen LogP contribution in [-0.4, -0.2) is 16.6 Å². The molecule has 1 aromatic rings. The van der Waals surface area contributed by atoms with Crippen molar-refractivity contribution in [1.82, 2.24) is 0 Å². The molecule has 3 fully saturated rings. The Morgan fingerprint density at radius 3 is 2.56 bits per heavy atom. The molecule has 18 heavy (non-hydrogen) atoms. The fourth-order valence-corrected chi connectivity index (χ4v) is 9.23. The molecular formula is C16H21OP. The van der Waals surface area contributed by atoms with Crippen molar-refractivity contribution in [3.63, 3.8) is 0 Å². The molecule has 4 rings (SSSR count). The molecule has 96 valence electrons. The summed E-state index contributed by atoms with van der Waals surface area (Å²) in [5.74, 6) is 0.773. The molecule has 1 saturated heterocycles. The van der Waals surface area contributed by atoms with Crippen LogP contribution in [0.1, 0.15) is 33.1 Å². The highest BCUT2D eigenvalue weighted by Gasteiger charge is 2.77. The fraction of sp³-hybridized carbons (Fsp3) is 0.625. The molecule has 1 N–H and O–H groups in total. The van der Waals surface area contributed by atoms with Gasteiger partial charge < -0.3 is 5.11 Å². The molecule has 0 aromatic heterocycles. The Balaban J connectivity index is 1.84. The number of hydrogen-bond donors (Lipinski definition) is 1. The minimum absolute atomic E-state index is 0.173. The first kappa shape index (κ1) is 11.4. The van der Waals surface area contributed by atoms with Crippen LogP contribution in [0.15, 0.2) is 30.3 Å². The van der Waals surface area contributed by atoms with Crippen LogP contribution < -0.4 is 5.30 Å². The minimum atomic E-state index is -0.392. The zero-order valence-corrected chi connectivity index (χ0v) is 12.1. The van der Waals surface area contributed by atoms with Crippen LogP contribution in [0.4, 0.5) is 0 Å². The molecule has 2 heteroatoms. The molecule has 0 radical (unpaired) electrons. The zero-order chi connectivity index (χ0) is 12.6. The number of benzene rings is 1. The second-order valence-electron chi connectivity index (χ2n) is 6.93. The van der Waals surface area contributed by atoms with Crippen molar-refractivity contribution in [3.05, 3.63) is 30.3 Å². The summed E-state index contributed by atoms with van der Waals surface area (Å²) in [4.78, 5) is 0. The Kier molecular flexibility index (Phi) is 2.03. The third-order valence-electron chi connectivity index (χ3n) is 6.57. The van der Waals surface area contributed by atoms with E-state index in [2.05, 4.69) is 44.2 Å². The lowest BCUT2D eigenvalue weighted by Crippen LogP contribution is -2.41. The predicted molar refractivity (Wildman–Crippen MR) is 76.4 cm³/mol. The highest BCUT2D eigenvalue weighted by molar-refractivity contribution is 7.67. The van der Waals surface area contributed by atoms with Gasteiger partial charge in [-0.15, -0.1) is 0 Å². The molecule has 5 unspecified atom stereocenters. The van der Waals surface area contributed by atoms with E-state index < -0.39 is 7.92 Å². The lowest BCUT2D eigenvalue weighted by atomic mass is 9.70. The topological polar surface area (TPSA) is 20.2 Å². The summed E-state index contributed by atoms with van der Waals surface area (Å²) >= 11 is 0. The van der Waals surface area contributed by atoms with E-state index in [1.165, 1.54) is 24.3 Å². The van der Waals surface area contributed by atoms with Gasteiger partial charge in [0.25, 0.3) is 0 Å². The van der Waals surface area contributed by atoms with Gasteiger partial charge in [-0.2, -0.15) is 0 Å². The molecule has 1 nitrogen and oxygen atoms in total. The largest absolute Gasteiger partial charge is 0.384 e. The number of hydrogen-bond acceptors (Lipinski definition) is 1. The molecule has 3 aliphatic rings. The zero-order valence-electron chi connectivity index (χ0n) is 11.2. The lowest BCUT2D eigenvalue weighted by molar-refractivity contribution is -0.00380. The van der Waals surface area contributed by atoms with Gasteiger partial charge in [-0.05, 0) is 50.0 Å². The maximum atomic E-state index is 11.4. The first-order chi connectivity index (χ1) is 8.51. The summed E-state index contributed by atoms with van der Waals surface area (Å²) in [5.41, 5.74) is 0.565. The van der Waals surface area contributed by atoms with Crippen LogP contribution in [0, 0.1) is 16.7 Å². The van der Waals surface area contributed by atoms with Crippen LogP contribution in [0.5, 0.6) is 0 Å². The molecule has 5 atom stereocenters. The number of rotatable bonds is 1. The van der Waals surface area contributed by atoms with Gasteiger partial charge in [0.1, 0.15) is 0 Å². The highest BCUT2D eigenvalue weighted by Crippen LogP contribution is 2.85. The van der Waals surface area contributed by atoms with E-state index in [9.17, 15) is 5.11 Å². The molecule has 2 aliphatic carbocycles. The standard InChI is InChI=1S/C16H21OP/c1-14-11-18(13-6-4-3-5-7-13)16(17)10-12(14)8-9-15(14,16)2/h3-7,12,17H,8-11H2,1-2H3. The van der Waals surface area contributed by atoms with Gasteiger partial charge in [-0.3, -0.25) is 0 Å². The third-order valence-corrected chi connectivity index (χ3v) is 10.0.